The molecule has 0 aliphatic rings. The van der Waals surface area contributed by atoms with Crippen molar-refractivity contribution in [2.75, 3.05) is 5.73 Å². The fourth-order valence-corrected chi connectivity index (χ4v) is 1.05. The van der Waals surface area contributed by atoms with E-state index in [-0.39, 0.29) is 10.7 Å². The number of anilines is 1. The molecule has 1 aromatic carbocycles. The molecule has 7 heteroatoms. The molecule has 0 fully saturated rings. The van der Waals surface area contributed by atoms with Crippen molar-refractivity contribution in [1.29, 1.82) is 0 Å². The average molecular weight is 228 g/mol. The number of aromatic hydroxyl groups is 1. The van der Waals surface area contributed by atoms with Crippen LogP contribution in [0.2, 0.25) is 5.02 Å². The standard InChI is InChI=1S/C7H5ClF3NO2/c8-3-1-4(12)6(5(13)2-3)14-7(9,10)11/h1-2,13H,12H2. The van der Waals surface area contributed by atoms with E-state index in [1.54, 1.807) is 0 Å². The highest BCUT2D eigenvalue weighted by Gasteiger charge is 2.33. The Kier molecular flexibility index (Phi) is 2.66. The first-order valence-electron chi connectivity index (χ1n) is 3.33. The lowest BCUT2D eigenvalue weighted by molar-refractivity contribution is -0.274. The predicted octanol–water partition coefficient (Wildman–Crippen LogP) is 2.53. The molecule has 0 amide bonds. The molecule has 0 aromatic heterocycles. The lowest BCUT2D eigenvalue weighted by Crippen LogP contribution is -2.18. The monoisotopic (exact) mass is 227 g/mol. The van der Waals surface area contributed by atoms with Crippen LogP contribution in [0.3, 0.4) is 0 Å². The van der Waals surface area contributed by atoms with Gasteiger partial charge in [-0.1, -0.05) is 11.6 Å². The molecule has 0 radical (unpaired) electrons. The molecule has 3 N–H and O–H groups in total. The number of phenolic OH excluding ortho intramolecular Hbond substituents is 1. The first kappa shape index (κ1) is 10.8. The Labute approximate surface area is 81.8 Å². The fraction of sp³-hybridized carbons (Fsp3) is 0.143. The van der Waals surface area contributed by atoms with Gasteiger partial charge in [0.2, 0.25) is 0 Å². The minimum absolute atomic E-state index is 0.0227. The Bertz CT molecular complexity index is 330. The molecule has 0 heterocycles. The number of benzene rings is 1. The summed E-state index contributed by atoms with van der Waals surface area (Å²) in [4.78, 5) is 0. The zero-order valence-corrected chi connectivity index (χ0v) is 7.36. The zero-order valence-electron chi connectivity index (χ0n) is 6.60. The first-order chi connectivity index (χ1) is 6.29. The van der Waals surface area contributed by atoms with Crippen LogP contribution in [0.5, 0.6) is 11.5 Å². The highest BCUT2D eigenvalue weighted by Crippen LogP contribution is 2.38. The Morgan fingerprint density at radius 1 is 1.36 bits per heavy atom. The van der Waals surface area contributed by atoms with Crippen LogP contribution in [-0.2, 0) is 0 Å². The Morgan fingerprint density at radius 3 is 2.36 bits per heavy atom. The number of phenols is 1. The van der Waals surface area contributed by atoms with Crippen molar-refractivity contribution >= 4 is 17.3 Å². The van der Waals surface area contributed by atoms with Crippen molar-refractivity contribution in [3.05, 3.63) is 17.2 Å². The van der Waals surface area contributed by atoms with E-state index in [4.69, 9.17) is 22.4 Å². The second-order valence-corrected chi connectivity index (χ2v) is 2.83. The number of hydrogen-bond donors (Lipinski definition) is 2. The molecule has 1 aromatic rings. The summed E-state index contributed by atoms with van der Waals surface area (Å²) in [5.74, 6) is -1.60. The quantitative estimate of drug-likeness (QED) is 0.725. The van der Waals surface area contributed by atoms with E-state index in [0.717, 1.165) is 12.1 Å². The summed E-state index contributed by atoms with van der Waals surface area (Å²) in [6.07, 6.45) is -4.90. The minimum atomic E-state index is -4.90. The van der Waals surface area contributed by atoms with Crippen LogP contribution in [0.15, 0.2) is 12.1 Å². The Morgan fingerprint density at radius 2 is 1.93 bits per heavy atom. The number of ether oxygens (including phenoxy) is 1. The summed E-state index contributed by atoms with van der Waals surface area (Å²) < 4.78 is 38.8. The number of halogens is 4. The van der Waals surface area contributed by atoms with E-state index in [2.05, 4.69) is 4.74 Å². The molecule has 0 spiro atoms. The molecule has 0 aliphatic carbocycles. The van der Waals surface area contributed by atoms with Crippen molar-refractivity contribution in [3.63, 3.8) is 0 Å². The van der Waals surface area contributed by atoms with Gasteiger partial charge in [-0.15, -0.1) is 13.2 Å². The van der Waals surface area contributed by atoms with E-state index >= 15 is 0 Å². The van der Waals surface area contributed by atoms with Crippen LogP contribution in [0.25, 0.3) is 0 Å². The first-order valence-corrected chi connectivity index (χ1v) is 3.71. The van der Waals surface area contributed by atoms with Crippen LogP contribution >= 0.6 is 11.6 Å². The SMILES string of the molecule is Nc1cc(Cl)cc(O)c1OC(F)(F)F. The zero-order chi connectivity index (χ0) is 10.9. The van der Waals surface area contributed by atoms with Crippen LogP contribution in [-0.4, -0.2) is 11.5 Å². The van der Waals surface area contributed by atoms with Crippen LogP contribution in [0.1, 0.15) is 0 Å². The van der Waals surface area contributed by atoms with E-state index in [0.29, 0.717) is 0 Å². The van der Waals surface area contributed by atoms with E-state index in [9.17, 15) is 13.2 Å². The molecule has 0 saturated heterocycles. The van der Waals surface area contributed by atoms with Crippen LogP contribution in [0, 0.1) is 0 Å². The average Bonchev–Trinajstić information content (AvgIpc) is 1.95. The summed E-state index contributed by atoms with van der Waals surface area (Å²) in [5.41, 5.74) is 4.78. The highest BCUT2D eigenvalue weighted by molar-refractivity contribution is 6.31. The van der Waals surface area contributed by atoms with Crippen LogP contribution in [0.4, 0.5) is 18.9 Å². The molecular weight excluding hydrogens is 223 g/mol. The van der Waals surface area contributed by atoms with Gasteiger partial charge in [-0.3, -0.25) is 0 Å². The second-order valence-electron chi connectivity index (χ2n) is 2.39. The molecule has 1 rings (SSSR count). The van der Waals surface area contributed by atoms with Gasteiger partial charge in [-0.05, 0) is 6.07 Å². The highest BCUT2D eigenvalue weighted by atomic mass is 35.5. The maximum absolute atomic E-state index is 11.8. The normalized spacial score (nSPS) is 11.4. The van der Waals surface area contributed by atoms with Crippen LogP contribution < -0.4 is 10.5 Å². The summed E-state index contributed by atoms with van der Waals surface area (Å²) in [5, 5.41) is 9.07. The fourth-order valence-electron chi connectivity index (χ4n) is 0.827. The van der Waals surface area contributed by atoms with Crippen molar-refractivity contribution in [2.24, 2.45) is 0 Å². The van der Waals surface area contributed by atoms with Gasteiger partial charge in [0.1, 0.15) is 0 Å². The number of hydrogen-bond acceptors (Lipinski definition) is 3. The number of nitrogen functional groups attached to an aromatic ring is 1. The lowest BCUT2D eigenvalue weighted by atomic mass is 10.3. The van der Waals surface area contributed by atoms with E-state index < -0.39 is 17.9 Å². The second kappa shape index (κ2) is 3.45. The van der Waals surface area contributed by atoms with Gasteiger partial charge in [-0.25, -0.2) is 0 Å². The van der Waals surface area contributed by atoms with E-state index in [1.807, 2.05) is 0 Å². The molecule has 78 valence electrons. The molecule has 0 unspecified atom stereocenters. The largest absolute Gasteiger partial charge is 0.573 e. The van der Waals surface area contributed by atoms with Crippen molar-refractivity contribution in [1.82, 2.24) is 0 Å². The number of rotatable bonds is 1. The van der Waals surface area contributed by atoms with Gasteiger partial charge in [0.15, 0.2) is 11.5 Å². The van der Waals surface area contributed by atoms with Gasteiger partial charge >= 0.3 is 6.36 Å². The van der Waals surface area contributed by atoms with Crippen molar-refractivity contribution in [2.45, 2.75) is 6.36 Å². The third-order valence-electron chi connectivity index (χ3n) is 1.28. The maximum atomic E-state index is 11.8. The maximum Gasteiger partial charge on any atom is 0.573 e. The Hall–Kier alpha value is -1.30. The number of alkyl halides is 3. The van der Waals surface area contributed by atoms with Gasteiger partial charge < -0.3 is 15.6 Å². The predicted molar refractivity (Wildman–Crippen MR) is 44.2 cm³/mol. The molecule has 0 bridgehead atoms. The van der Waals surface area contributed by atoms with Gasteiger partial charge in [0, 0.05) is 11.1 Å². The molecule has 14 heavy (non-hydrogen) atoms. The smallest absolute Gasteiger partial charge is 0.504 e. The summed E-state index contributed by atoms with van der Waals surface area (Å²) in [7, 11) is 0. The Balaban J connectivity index is 3.09. The third kappa shape index (κ3) is 2.59. The summed E-state index contributed by atoms with van der Waals surface area (Å²) in [6.45, 7) is 0. The van der Waals surface area contributed by atoms with Gasteiger partial charge in [0.05, 0.1) is 5.69 Å². The molecule has 3 nitrogen and oxygen atoms in total. The molecule has 0 atom stereocenters. The lowest BCUT2D eigenvalue weighted by Gasteiger charge is -2.12. The molecule has 0 aliphatic heterocycles. The minimum Gasteiger partial charge on any atom is -0.504 e. The summed E-state index contributed by atoms with van der Waals surface area (Å²) >= 11 is 5.42. The third-order valence-corrected chi connectivity index (χ3v) is 1.50. The summed E-state index contributed by atoms with van der Waals surface area (Å²) in [6, 6.07) is 1.95. The van der Waals surface area contributed by atoms with Crippen molar-refractivity contribution in [3.8, 4) is 11.5 Å². The topological polar surface area (TPSA) is 55.5 Å². The van der Waals surface area contributed by atoms with E-state index in [1.165, 1.54) is 0 Å². The molecule has 0 saturated carbocycles. The molecular formula is C7H5ClF3NO2. The van der Waals surface area contributed by atoms with Gasteiger partial charge in [-0.2, -0.15) is 0 Å². The van der Waals surface area contributed by atoms with Gasteiger partial charge in [0.25, 0.3) is 0 Å². The van der Waals surface area contributed by atoms with Crippen molar-refractivity contribution < 1.29 is 23.0 Å². The number of nitrogens with two attached hydrogens (primary N) is 1.